The number of ether oxygens (including phenoxy) is 1. The van der Waals surface area contributed by atoms with Crippen molar-refractivity contribution in [3.05, 3.63) is 76.5 Å². The summed E-state index contributed by atoms with van der Waals surface area (Å²) < 4.78 is 6.00. The summed E-state index contributed by atoms with van der Waals surface area (Å²) in [7, 11) is 0. The third-order valence-corrected chi connectivity index (χ3v) is 5.85. The van der Waals surface area contributed by atoms with Crippen LogP contribution in [0.15, 0.2) is 48.5 Å². The zero-order chi connectivity index (χ0) is 18.8. The van der Waals surface area contributed by atoms with Gasteiger partial charge >= 0.3 is 0 Å². The predicted octanol–water partition coefficient (Wildman–Crippen LogP) is 4.38. The molecule has 0 saturated carbocycles. The third kappa shape index (κ3) is 3.85. The summed E-state index contributed by atoms with van der Waals surface area (Å²) in [5.74, 6) is 1.81. The van der Waals surface area contributed by atoms with E-state index < -0.39 is 0 Å². The third-order valence-electron chi connectivity index (χ3n) is 4.58. The minimum absolute atomic E-state index is 0.0259. The molecule has 0 radical (unpaired) electrons. The molecule has 0 aliphatic carbocycles. The number of amides is 1. The number of hydrogen-bond acceptors (Lipinski definition) is 4. The summed E-state index contributed by atoms with van der Waals surface area (Å²) >= 11 is 1.60. The van der Waals surface area contributed by atoms with Gasteiger partial charge in [0, 0.05) is 11.3 Å². The molecule has 1 amide bonds. The van der Waals surface area contributed by atoms with E-state index in [9.17, 15) is 4.79 Å². The number of aryl methyl sites for hydroxylation is 2. The summed E-state index contributed by atoms with van der Waals surface area (Å²) in [5.41, 5.74) is 5.47. The molecule has 2 heterocycles. The van der Waals surface area contributed by atoms with Crippen molar-refractivity contribution in [2.24, 2.45) is 0 Å². The van der Waals surface area contributed by atoms with Gasteiger partial charge in [0.25, 0.3) is 0 Å². The Morgan fingerprint density at radius 1 is 1.19 bits per heavy atom. The van der Waals surface area contributed by atoms with E-state index in [0.717, 1.165) is 28.1 Å². The van der Waals surface area contributed by atoms with Crippen LogP contribution >= 0.6 is 11.8 Å². The van der Waals surface area contributed by atoms with Gasteiger partial charge in [-0.2, -0.15) is 5.10 Å². The lowest BCUT2D eigenvalue weighted by atomic mass is 10.0. The molecule has 2 N–H and O–H groups in total. The largest absolute Gasteiger partial charge is 0.489 e. The van der Waals surface area contributed by atoms with Crippen LogP contribution in [-0.4, -0.2) is 21.9 Å². The molecule has 0 spiro atoms. The van der Waals surface area contributed by atoms with E-state index in [4.69, 9.17) is 4.74 Å². The lowest BCUT2D eigenvalue weighted by Crippen LogP contribution is -2.12. The number of anilines is 1. The molecule has 138 valence electrons. The number of thioether (sulfide) groups is 1. The fourth-order valence-electron chi connectivity index (χ4n) is 3.15. The number of aromatic amines is 1. The Kier molecular flexibility index (Phi) is 4.90. The van der Waals surface area contributed by atoms with Gasteiger partial charge < -0.3 is 10.1 Å². The highest BCUT2D eigenvalue weighted by Gasteiger charge is 2.28. The first-order valence-corrected chi connectivity index (χ1v) is 9.89. The van der Waals surface area contributed by atoms with Gasteiger partial charge in [0.05, 0.1) is 11.0 Å². The van der Waals surface area contributed by atoms with E-state index in [0.29, 0.717) is 18.2 Å². The normalized spacial score (nSPS) is 16.4. The molecule has 1 atom stereocenters. The summed E-state index contributed by atoms with van der Waals surface area (Å²) in [6.45, 7) is 4.58. The Morgan fingerprint density at radius 3 is 2.81 bits per heavy atom. The quantitative estimate of drug-likeness (QED) is 0.706. The van der Waals surface area contributed by atoms with Gasteiger partial charge in [0.2, 0.25) is 5.91 Å². The van der Waals surface area contributed by atoms with E-state index in [1.165, 1.54) is 5.56 Å². The Bertz CT molecular complexity index is 966. The molecule has 1 aliphatic rings. The highest BCUT2D eigenvalue weighted by Crippen LogP contribution is 2.42. The standard InChI is InChI=1S/C21H21N3O2S/c1-13-6-8-15(9-7-13)11-26-17-5-3-4-16(10-17)20-19-14(2)23-24-21(19)22-18(25)12-27-20/h3-10,20H,11-12H2,1-2H3,(H2,22,23,24,25)/t20-/m0/s1. The molecule has 4 rings (SSSR count). The van der Waals surface area contributed by atoms with Crippen LogP contribution in [0.3, 0.4) is 0 Å². The monoisotopic (exact) mass is 379 g/mol. The first-order valence-electron chi connectivity index (χ1n) is 8.85. The highest BCUT2D eigenvalue weighted by atomic mass is 32.2. The number of nitrogens with zero attached hydrogens (tertiary/aromatic N) is 1. The first kappa shape index (κ1) is 17.7. The predicted molar refractivity (Wildman–Crippen MR) is 108 cm³/mol. The average molecular weight is 379 g/mol. The van der Waals surface area contributed by atoms with Crippen molar-refractivity contribution >= 4 is 23.5 Å². The first-order chi connectivity index (χ1) is 13.1. The lowest BCUT2D eigenvalue weighted by molar-refractivity contribution is -0.113. The van der Waals surface area contributed by atoms with Crippen molar-refractivity contribution in [1.29, 1.82) is 0 Å². The van der Waals surface area contributed by atoms with Crippen LogP contribution in [0.25, 0.3) is 0 Å². The summed E-state index contributed by atoms with van der Waals surface area (Å²) in [5, 5.41) is 10.1. The molecule has 0 bridgehead atoms. The molecule has 0 fully saturated rings. The molecule has 0 saturated heterocycles. The van der Waals surface area contributed by atoms with Crippen LogP contribution in [0.5, 0.6) is 5.75 Å². The molecule has 1 aliphatic heterocycles. The number of fused-ring (bicyclic) bond motifs is 1. The molecule has 5 nitrogen and oxygen atoms in total. The van der Waals surface area contributed by atoms with Crippen LogP contribution in [-0.2, 0) is 11.4 Å². The van der Waals surface area contributed by atoms with Gasteiger partial charge in [0.1, 0.15) is 12.4 Å². The zero-order valence-corrected chi connectivity index (χ0v) is 16.1. The SMILES string of the molecule is Cc1ccc(COc2cccc([C@@H]3SCC(=O)Nc4n[nH]c(C)c43)c2)cc1. The number of carbonyl (C=O) groups excluding carboxylic acids is 1. The number of hydrogen-bond donors (Lipinski definition) is 2. The zero-order valence-electron chi connectivity index (χ0n) is 15.3. The summed E-state index contributed by atoms with van der Waals surface area (Å²) in [4.78, 5) is 12.0. The maximum atomic E-state index is 12.0. The van der Waals surface area contributed by atoms with Crippen LogP contribution in [0.2, 0.25) is 0 Å². The van der Waals surface area contributed by atoms with Crippen LogP contribution in [0, 0.1) is 13.8 Å². The summed E-state index contributed by atoms with van der Waals surface area (Å²) in [6.07, 6.45) is 0. The Balaban J connectivity index is 1.57. The fourth-order valence-corrected chi connectivity index (χ4v) is 4.33. The van der Waals surface area contributed by atoms with Crippen molar-refractivity contribution in [3.8, 4) is 5.75 Å². The minimum Gasteiger partial charge on any atom is -0.489 e. The Hall–Kier alpha value is -2.73. The molecule has 2 aromatic carbocycles. The maximum Gasteiger partial charge on any atom is 0.235 e. The van der Waals surface area contributed by atoms with Gasteiger partial charge in [0.15, 0.2) is 5.82 Å². The van der Waals surface area contributed by atoms with E-state index in [2.05, 4.69) is 58.8 Å². The van der Waals surface area contributed by atoms with Crippen molar-refractivity contribution in [2.45, 2.75) is 25.7 Å². The molecular formula is C21H21N3O2S. The Labute approximate surface area is 162 Å². The van der Waals surface area contributed by atoms with E-state index in [-0.39, 0.29) is 11.2 Å². The smallest absolute Gasteiger partial charge is 0.235 e. The van der Waals surface area contributed by atoms with Gasteiger partial charge in [-0.25, -0.2) is 0 Å². The van der Waals surface area contributed by atoms with Gasteiger partial charge in [-0.1, -0.05) is 42.0 Å². The number of carbonyl (C=O) groups is 1. The number of H-pyrrole nitrogens is 1. The second-order valence-corrected chi connectivity index (χ2v) is 7.79. The molecule has 3 aromatic rings. The second kappa shape index (κ2) is 7.48. The molecule has 1 aromatic heterocycles. The minimum atomic E-state index is -0.0259. The van der Waals surface area contributed by atoms with Crippen LogP contribution < -0.4 is 10.1 Å². The summed E-state index contributed by atoms with van der Waals surface area (Å²) in [6, 6.07) is 16.4. The topological polar surface area (TPSA) is 67.0 Å². The van der Waals surface area contributed by atoms with Crippen molar-refractivity contribution in [1.82, 2.24) is 10.2 Å². The fraction of sp³-hybridized carbons (Fsp3) is 0.238. The number of benzene rings is 2. The van der Waals surface area contributed by atoms with Gasteiger partial charge in [-0.05, 0) is 37.1 Å². The highest BCUT2D eigenvalue weighted by molar-refractivity contribution is 8.00. The van der Waals surface area contributed by atoms with Crippen molar-refractivity contribution in [2.75, 3.05) is 11.1 Å². The van der Waals surface area contributed by atoms with Gasteiger partial charge in [-0.3, -0.25) is 9.89 Å². The Morgan fingerprint density at radius 2 is 2.00 bits per heavy atom. The number of nitrogens with one attached hydrogen (secondary N) is 2. The molecule has 27 heavy (non-hydrogen) atoms. The molecule has 6 heteroatoms. The number of aromatic nitrogens is 2. The van der Waals surface area contributed by atoms with E-state index in [1.807, 2.05) is 19.1 Å². The van der Waals surface area contributed by atoms with Crippen molar-refractivity contribution in [3.63, 3.8) is 0 Å². The van der Waals surface area contributed by atoms with Crippen LogP contribution in [0.4, 0.5) is 5.82 Å². The lowest BCUT2D eigenvalue weighted by Gasteiger charge is -2.16. The van der Waals surface area contributed by atoms with Crippen molar-refractivity contribution < 1.29 is 9.53 Å². The van der Waals surface area contributed by atoms with E-state index >= 15 is 0 Å². The van der Waals surface area contributed by atoms with E-state index in [1.54, 1.807) is 11.8 Å². The van der Waals surface area contributed by atoms with Crippen LogP contribution in [0.1, 0.15) is 33.2 Å². The molecular weight excluding hydrogens is 358 g/mol. The number of rotatable bonds is 4. The van der Waals surface area contributed by atoms with Gasteiger partial charge in [-0.15, -0.1) is 11.8 Å². The maximum absolute atomic E-state index is 12.0. The second-order valence-electron chi connectivity index (χ2n) is 6.70. The average Bonchev–Trinajstić information content (AvgIpc) is 2.93. The molecule has 0 unspecified atom stereocenters.